The molecule has 0 heterocycles. The Balaban J connectivity index is 4.34. The third-order valence-electron chi connectivity index (χ3n) is 9.51. The van der Waals surface area contributed by atoms with Crippen LogP contribution in [-0.4, -0.2) is 59.9 Å². The number of carboxylic acids is 1. The molecule has 0 rings (SSSR count). The molecule has 4 N–H and O–H groups in total. The lowest BCUT2D eigenvalue weighted by molar-refractivity contribution is -0.161. The van der Waals surface area contributed by atoms with E-state index in [0.29, 0.717) is 12.8 Å². The molecule has 0 aliphatic rings. The highest BCUT2D eigenvalue weighted by atomic mass is 31.2. The largest absolute Gasteiger partial charge is 0.480 e. The van der Waals surface area contributed by atoms with Gasteiger partial charge in [-0.15, -0.1) is 0 Å². The van der Waals surface area contributed by atoms with Gasteiger partial charge < -0.3 is 25.2 Å². The fourth-order valence-electron chi connectivity index (χ4n) is 6.06. The van der Waals surface area contributed by atoms with Crippen molar-refractivity contribution in [1.82, 2.24) is 0 Å². The topological polar surface area (TPSA) is 172 Å². The maximum absolute atomic E-state index is 12.6. The van der Waals surface area contributed by atoms with Gasteiger partial charge in [0.15, 0.2) is 6.10 Å². The van der Waals surface area contributed by atoms with E-state index in [1.165, 1.54) is 122 Å². The summed E-state index contributed by atoms with van der Waals surface area (Å²) in [6.07, 6.45) is 37.0. The van der Waals surface area contributed by atoms with Crippen molar-refractivity contribution in [3.63, 3.8) is 0 Å². The van der Waals surface area contributed by atoms with Gasteiger partial charge in [-0.05, 0) is 38.5 Å². The number of ether oxygens (including phenoxy) is 2. The average Bonchev–Trinajstić information content (AvgIpc) is 3.14. The minimum absolute atomic E-state index is 0.160. The molecule has 0 bridgehead atoms. The Morgan fingerprint density at radius 1 is 0.556 bits per heavy atom. The number of carbonyl (C=O) groups excluding carboxylic acids is 2. The number of hydrogen-bond acceptors (Lipinski definition) is 9. The first-order valence-corrected chi connectivity index (χ1v) is 23.2. The normalized spacial score (nSPS) is 13.9. The minimum Gasteiger partial charge on any atom is -0.480 e. The van der Waals surface area contributed by atoms with Crippen molar-refractivity contribution in [1.29, 1.82) is 0 Å². The van der Waals surface area contributed by atoms with Crippen molar-refractivity contribution in [2.75, 3.05) is 19.8 Å². The van der Waals surface area contributed by atoms with Crippen LogP contribution in [-0.2, 0) is 37.5 Å². The number of carbonyl (C=O) groups is 3. The van der Waals surface area contributed by atoms with Crippen LogP contribution in [0.25, 0.3) is 0 Å². The van der Waals surface area contributed by atoms with Gasteiger partial charge in [-0.3, -0.25) is 23.4 Å². The van der Waals surface area contributed by atoms with E-state index < -0.39 is 51.1 Å². The van der Waals surface area contributed by atoms with Crippen LogP contribution in [0.3, 0.4) is 0 Å². The molecule has 0 aromatic heterocycles. The van der Waals surface area contributed by atoms with Crippen LogP contribution in [0.2, 0.25) is 0 Å². The van der Waals surface area contributed by atoms with E-state index in [-0.39, 0.29) is 19.4 Å². The summed E-state index contributed by atoms with van der Waals surface area (Å²) >= 11 is 0. The van der Waals surface area contributed by atoms with Crippen LogP contribution in [0.1, 0.15) is 206 Å². The van der Waals surface area contributed by atoms with E-state index in [4.69, 9.17) is 24.8 Å². The number of phosphoric acid groups is 1. The lowest BCUT2D eigenvalue weighted by atomic mass is 10.0. The molecule has 0 aliphatic heterocycles. The number of unbranched alkanes of at least 4 members (excludes halogenated alkanes) is 25. The number of esters is 2. The first-order chi connectivity index (χ1) is 26.1. The molecule has 3 unspecified atom stereocenters. The Bertz CT molecular complexity index is 979. The maximum atomic E-state index is 12.6. The summed E-state index contributed by atoms with van der Waals surface area (Å²) in [4.78, 5) is 45.9. The van der Waals surface area contributed by atoms with Crippen LogP contribution < -0.4 is 5.73 Å². The van der Waals surface area contributed by atoms with Crippen LogP contribution in [0, 0.1) is 0 Å². The lowest BCUT2D eigenvalue weighted by Gasteiger charge is -2.20. The third-order valence-corrected chi connectivity index (χ3v) is 10.5. The molecule has 54 heavy (non-hydrogen) atoms. The van der Waals surface area contributed by atoms with E-state index in [2.05, 4.69) is 30.5 Å². The summed E-state index contributed by atoms with van der Waals surface area (Å²) in [5.41, 5.74) is 5.33. The summed E-state index contributed by atoms with van der Waals surface area (Å²) in [5.74, 6) is -2.37. The van der Waals surface area contributed by atoms with Crippen molar-refractivity contribution in [3.05, 3.63) is 12.2 Å². The monoisotopic (exact) mass is 790 g/mol. The van der Waals surface area contributed by atoms with E-state index in [0.717, 1.165) is 44.9 Å². The Hall–Kier alpha value is -1.78. The number of allylic oxidation sites excluding steroid dienone is 2. The molecule has 0 amide bonds. The third kappa shape index (κ3) is 37.2. The second kappa shape index (κ2) is 38.1. The Morgan fingerprint density at radius 3 is 1.37 bits per heavy atom. The van der Waals surface area contributed by atoms with Gasteiger partial charge >= 0.3 is 25.7 Å². The highest BCUT2D eigenvalue weighted by Crippen LogP contribution is 2.43. The zero-order valence-electron chi connectivity index (χ0n) is 34.3. The van der Waals surface area contributed by atoms with E-state index in [1.54, 1.807) is 0 Å². The summed E-state index contributed by atoms with van der Waals surface area (Å²) in [7, 11) is -4.71. The van der Waals surface area contributed by atoms with Gasteiger partial charge in [-0.2, -0.15) is 0 Å². The molecule has 0 aromatic carbocycles. The highest BCUT2D eigenvalue weighted by molar-refractivity contribution is 7.47. The zero-order valence-corrected chi connectivity index (χ0v) is 35.2. The number of carboxylic acid groups (broad SMARTS) is 1. The van der Waals surface area contributed by atoms with Crippen LogP contribution in [0.4, 0.5) is 0 Å². The van der Waals surface area contributed by atoms with Crippen LogP contribution in [0.15, 0.2) is 12.2 Å². The van der Waals surface area contributed by atoms with Gasteiger partial charge in [0.05, 0.1) is 13.2 Å². The van der Waals surface area contributed by atoms with Gasteiger partial charge in [0.1, 0.15) is 12.6 Å². The second-order valence-corrected chi connectivity index (χ2v) is 16.3. The van der Waals surface area contributed by atoms with Gasteiger partial charge in [-0.1, -0.05) is 167 Å². The molecule has 0 aromatic rings. The van der Waals surface area contributed by atoms with E-state index in [9.17, 15) is 23.8 Å². The molecule has 12 heteroatoms. The summed E-state index contributed by atoms with van der Waals surface area (Å²) in [6.45, 7) is 2.80. The number of hydrogen-bond donors (Lipinski definition) is 3. The summed E-state index contributed by atoms with van der Waals surface area (Å²) < 4.78 is 32.7. The number of aliphatic carboxylic acids is 1. The first-order valence-electron chi connectivity index (χ1n) is 21.7. The maximum Gasteiger partial charge on any atom is 0.472 e. The molecule has 0 fully saturated rings. The molecule has 0 saturated heterocycles. The van der Waals surface area contributed by atoms with E-state index in [1.807, 2.05) is 0 Å². The number of phosphoric ester groups is 1. The lowest BCUT2D eigenvalue weighted by Crippen LogP contribution is -2.34. The van der Waals surface area contributed by atoms with Gasteiger partial charge in [0.25, 0.3) is 0 Å². The molecular weight excluding hydrogens is 709 g/mol. The van der Waals surface area contributed by atoms with Crippen molar-refractivity contribution in [3.8, 4) is 0 Å². The number of nitrogens with two attached hydrogens (primary N) is 1. The Morgan fingerprint density at radius 2 is 0.926 bits per heavy atom. The number of rotatable bonds is 41. The quantitative estimate of drug-likeness (QED) is 0.0233. The predicted octanol–water partition coefficient (Wildman–Crippen LogP) is 11.3. The average molecular weight is 790 g/mol. The molecule has 0 aliphatic carbocycles. The van der Waals surface area contributed by atoms with Crippen molar-refractivity contribution in [2.24, 2.45) is 5.73 Å². The van der Waals surface area contributed by atoms with Crippen molar-refractivity contribution >= 4 is 25.7 Å². The molecule has 0 radical (unpaired) electrons. The summed E-state index contributed by atoms with van der Waals surface area (Å²) in [5, 5.41) is 8.88. The summed E-state index contributed by atoms with van der Waals surface area (Å²) in [6, 6.07) is -1.52. The minimum atomic E-state index is -4.71. The van der Waals surface area contributed by atoms with Crippen LogP contribution in [0.5, 0.6) is 0 Å². The first kappa shape index (κ1) is 52.2. The smallest absolute Gasteiger partial charge is 0.472 e. The molecule has 0 saturated carbocycles. The van der Waals surface area contributed by atoms with Gasteiger partial charge in [0.2, 0.25) is 0 Å². The van der Waals surface area contributed by atoms with Crippen molar-refractivity contribution in [2.45, 2.75) is 219 Å². The van der Waals surface area contributed by atoms with Crippen molar-refractivity contribution < 1.29 is 47.5 Å². The Labute approximate surface area is 328 Å². The zero-order chi connectivity index (χ0) is 40.0. The standard InChI is InChI=1S/C42H80NO10P/c1-3-5-7-9-11-13-15-17-19-21-23-25-27-29-31-33-40(44)50-35-38(36-51-54(48,49)52-37-39(43)42(46)47)53-41(45)34-32-30-28-26-24-22-20-18-16-14-12-10-8-6-4-2/h14,16,38-39H,3-13,15,17-37,43H2,1-2H3,(H,46,47)(H,48,49). The highest BCUT2D eigenvalue weighted by Gasteiger charge is 2.28. The van der Waals surface area contributed by atoms with Crippen LogP contribution >= 0.6 is 7.82 Å². The SMILES string of the molecule is CCCCCCC=CCCCCCCCCCC(=O)OC(COC(=O)CCCCCCCCCCCCCCCCC)COP(=O)(O)OCC(N)C(=O)O. The predicted molar refractivity (Wildman–Crippen MR) is 217 cm³/mol. The van der Waals surface area contributed by atoms with Gasteiger partial charge in [-0.25, -0.2) is 4.57 Å². The molecule has 0 spiro atoms. The molecular formula is C42H80NO10P. The molecule has 3 atom stereocenters. The molecule has 318 valence electrons. The fraction of sp³-hybridized carbons (Fsp3) is 0.881. The fourth-order valence-corrected chi connectivity index (χ4v) is 6.84. The van der Waals surface area contributed by atoms with E-state index >= 15 is 0 Å². The second-order valence-electron chi connectivity index (χ2n) is 14.8. The molecule has 11 nitrogen and oxygen atoms in total. The Kier molecular flexibility index (Phi) is 36.9. The van der Waals surface area contributed by atoms with Gasteiger partial charge in [0, 0.05) is 12.8 Å².